The van der Waals surface area contributed by atoms with Crippen LogP contribution in [0.5, 0.6) is 0 Å². The number of piperidine rings is 1. The molecule has 1 aromatic rings. The second-order valence-corrected chi connectivity index (χ2v) is 5.55. The van der Waals surface area contributed by atoms with Gasteiger partial charge < -0.3 is 14.2 Å². The van der Waals surface area contributed by atoms with E-state index in [0.29, 0.717) is 12.4 Å². The molecule has 0 spiro atoms. The third-order valence-corrected chi connectivity index (χ3v) is 2.82. The molecule has 0 aromatic carbocycles. The molecule has 1 fully saturated rings. The number of carbonyl (C=O) groups is 1. The van der Waals surface area contributed by atoms with Gasteiger partial charge >= 0.3 is 6.09 Å². The lowest BCUT2D eigenvalue weighted by molar-refractivity contribution is 0.0195. The van der Waals surface area contributed by atoms with Crippen molar-refractivity contribution in [2.24, 2.45) is 0 Å². The van der Waals surface area contributed by atoms with Crippen LogP contribution < -0.4 is 0 Å². The quantitative estimate of drug-likeness (QED) is 0.767. The fraction of sp³-hybridized carbons (Fsp3) is 0.750. The lowest BCUT2D eigenvalue weighted by Gasteiger charge is -2.32. The van der Waals surface area contributed by atoms with Gasteiger partial charge in [-0.05, 0) is 33.6 Å². The lowest BCUT2D eigenvalue weighted by Crippen LogP contribution is -2.42. The molecular formula is C12H19N3O3. The van der Waals surface area contributed by atoms with Crippen molar-refractivity contribution in [1.82, 2.24) is 15.0 Å². The first-order valence-corrected chi connectivity index (χ1v) is 6.20. The van der Waals surface area contributed by atoms with Crippen LogP contribution in [0.15, 0.2) is 10.9 Å². The number of rotatable bonds is 1. The zero-order chi connectivity index (χ0) is 13.2. The van der Waals surface area contributed by atoms with Crippen molar-refractivity contribution in [3.8, 4) is 0 Å². The first-order chi connectivity index (χ1) is 8.46. The smallest absolute Gasteiger partial charge is 0.410 e. The number of carbonyl (C=O) groups excluding carboxylic acids is 1. The van der Waals surface area contributed by atoms with Crippen molar-refractivity contribution >= 4 is 6.09 Å². The Kier molecular flexibility index (Phi) is 3.54. The second-order valence-electron chi connectivity index (χ2n) is 5.55. The van der Waals surface area contributed by atoms with E-state index in [1.807, 2.05) is 20.8 Å². The molecule has 2 heterocycles. The Morgan fingerprint density at radius 1 is 1.56 bits per heavy atom. The molecule has 0 N–H and O–H groups in total. The highest BCUT2D eigenvalue weighted by molar-refractivity contribution is 5.68. The second kappa shape index (κ2) is 4.96. The van der Waals surface area contributed by atoms with Gasteiger partial charge in [0.25, 0.3) is 0 Å². The summed E-state index contributed by atoms with van der Waals surface area (Å²) in [6.45, 7) is 6.92. The van der Waals surface area contributed by atoms with Gasteiger partial charge in [-0.25, -0.2) is 4.79 Å². The summed E-state index contributed by atoms with van der Waals surface area (Å²) in [4.78, 5) is 17.7. The predicted octanol–water partition coefficient (Wildman–Crippen LogP) is 2.18. The average molecular weight is 253 g/mol. The number of hydrogen-bond donors (Lipinski definition) is 0. The molecule has 100 valence electrons. The van der Waals surface area contributed by atoms with Crippen molar-refractivity contribution in [1.29, 1.82) is 0 Å². The summed E-state index contributed by atoms with van der Waals surface area (Å²) in [6.07, 6.45) is 2.95. The van der Waals surface area contributed by atoms with Gasteiger partial charge in [0.05, 0.1) is 0 Å². The largest absolute Gasteiger partial charge is 0.444 e. The zero-order valence-electron chi connectivity index (χ0n) is 11.0. The molecule has 1 atom stereocenters. The highest BCUT2D eigenvalue weighted by atomic mass is 16.6. The van der Waals surface area contributed by atoms with Crippen LogP contribution in [0, 0.1) is 0 Å². The molecule has 1 aliphatic rings. The van der Waals surface area contributed by atoms with E-state index in [2.05, 4.69) is 10.1 Å². The molecule has 0 aliphatic carbocycles. The first-order valence-electron chi connectivity index (χ1n) is 6.20. The molecule has 0 bridgehead atoms. The van der Waals surface area contributed by atoms with Gasteiger partial charge in [-0.2, -0.15) is 4.98 Å². The van der Waals surface area contributed by atoms with Crippen LogP contribution in [-0.2, 0) is 4.74 Å². The van der Waals surface area contributed by atoms with E-state index < -0.39 is 5.60 Å². The monoisotopic (exact) mass is 253 g/mol. The third-order valence-electron chi connectivity index (χ3n) is 2.82. The molecule has 6 heteroatoms. The number of aromatic nitrogens is 2. The van der Waals surface area contributed by atoms with E-state index in [1.165, 1.54) is 6.39 Å². The Morgan fingerprint density at radius 2 is 2.33 bits per heavy atom. The SMILES string of the molecule is CC(C)(C)OC(=O)N1CCCC(c2ncon2)C1. The summed E-state index contributed by atoms with van der Waals surface area (Å²) >= 11 is 0. The molecule has 6 nitrogen and oxygen atoms in total. The van der Waals surface area contributed by atoms with Gasteiger partial charge in [0.1, 0.15) is 5.60 Å². The third kappa shape index (κ3) is 3.21. The Labute approximate surface area is 106 Å². The van der Waals surface area contributed by atoms with Crippen LogP contribution in [0.1, 0.15) is 45.4 Å². The van der Waals surface area contributed by atoms with Crippen molar-refractivity contribution in [3.63, 3.8) is 0 Å². The zero-order valence-corrected chi connectivity index (χ0v) is 11.0. The summed E-state index contributed by atoms with van der Waals surface area (Å²) in [7, 11) is 0. The Morgan fingerprint density at radius 3 is 2.94 bits per heavy atom. The summed E-state index contributed by atoms with van der Waals surface area (Å²) < 4.78 is 10.1. The average Bonchev–Trinajstić information content (AvgIpc) is 2.80. The Bertz CT molecular complexity index is 397. The fourth-order valence-electron chi connectivity index (χ4n) is 2.04. The minimum absolute atomic E-state index is 0.144. The molecule has 18 heavy (non-hydrogen) atoms. The molecule has 1 saturated heterocycles. The summed E-state index contributed by atoms with van der Waals surface area (Å²) in [5, 5.41) is 3.84. The van der Waals surface area contributed by atoms with E-state index >= 15 is 0 Å². The van der Waals surface area contributed by atoms with Crippen LogP contribution in [-0.4, -0.2) is 39.8 Å². The van der Waals surface area contributed by atoms with Crippen LogP contribution in [0.25, 0.3) is 0 Å². The normalized spacial score (nSPS) is 20.8. The molecular weight excluding hydrogens is 234 g/mol. The highest BCUT2D eigenvalue weighted by Gasteiger charge is 2.29. The Balaban J connectivity index is 1.96. The van der Waals surface area contributed by atoms with Gasteiger partial charge in [0, 0.05) is 19.0 Å². The first kappa shape index (κ1) is 12.9. The van der Waals surface area contributed by atoms with Crippen molar-refractivity contribution in [2.45, 2.75) is 45.1 Å². The van der Waals surface area contributed by atoms with Crippen molar-refractivity contribution in [2.75, 3.05) is 13.1 Å². The maximum atomic E-state index is 12.0. The molecule has 1 unspecified atom stereocenters. The van der Waals surface area contributed by atoms with Gasteiger partial charge in [0.15, 0.2) is 5.82 Å². The minimum Gasteiger partial charge on any atom is -0.444 e. The van der Waals surface area contributed by atoms with Crippen LogP contribution in [0.3, 0.4) is 0 Å². The molecule has 1 aromatic heterocycles. The number of nitrogens with zero attached hydrogens (tertiary/aromatic N) is 3. The number of ether oxygens (including phenoxy) is 1. The van der Waals surface area contributed by atoms with Crippen molar-refractivity contribution in [3.05, 3.63) is 12.2 Å². The van der Waals surface area contributed by atoms with Crippen LogP contribution in [0.2, 0.25) is 0 Å². The van der Waals surface area contributed by atoms with E-state index in [4.69, 9.17) is 9.26 Å². The molecule has 1 aliphatic heterocycles. The summed E-state index contributed by atoms with van der Waals surface area (Å²) in [6, 6.07) is 0. The molecule has 0 saturated carbocycles. The highest BCUT2D eigenvalue weighted by Crippen LogP contribution is 2.25. The molecule has 0 radical (unpaired) electrons. The summed E-state index contributed by atoms with van der Waals surface area (Å²) in [5.74, 6) is 0.813. The minimum atomic E-state index is -0.462. The van der Waals surface area contributed by atoms with Crippen LogP contribution >= 0.6 is 0 Å². The van der Waals surface area contributed by atoms with Gasteiger partial charge in [-0.1, -0.05) is 5.16 Å². The number of hydrogen-bond acceptors (Lipinski definition) is 5. The molecule has 2 rings (SSSR count). The van der Waals surface area contributed by atoms with Crippen LogP contribution in [0.4, 0.5) is 4.79 Å². The topological polar surface area (TPSA) is 68.5 Å². The number of amides is 1. The number of likely N-dealkylation sites (tertiary alicyclic amines) is 1. The van der Waals surface area contributed by atoms with E-state index in [1.54, 1.807) is 4.90 Å². The standard InChI is InChI=1S/C12H19N3O3/c1-12(2,3)18-11(16)15-6-4-5-9(7-15)10-13-8-17-14-10/h8-9H,4-7H2,1-3H3. The van der Waals surface area contributed by atoms with Gasteiger partial charge in [-0.3, -0.25) is 0 Å². The Hall–Kier alpha value is -1.59. The van der Waals surface area contributed by atoms with E-state index in [0.717, 1.165) is 19.4 Å². The summed E-state index contributed by atoms with van der Waals surface area (Å²) in [5.41, 5.74) is -0.462. The maximum Gasteiger partial charge on any atom is 0.410 e. The van der Waals surface area contributed by atoms with E-state index in [9.17, 15) is 4.79 Å². The molecule has 1 amide bonds. The maximum absolute atomic E-state index is 12.0. The fourth-order valence-corrected chi connectivity index (χ4v) is 2.04. The van der Waals surface area contributed by atoms with Crippen molar-refractivity contribution < 1.29 is 14.1 Å². The van der Waals surface area contributed by atoms with Gasteiger partial charge in [0.2, 0.25) is 6.39 Å². The predicted molar refractivity (Wildman–Crippen MR) is 64.1 cm³/mol. The lowest BCUT2D eigenvalue weighted by atomic mass is 9.98. The van der Waals surface area contributed by atoms with Gasteiger partial charge in [-0.15, -0.1) is 0 Å². The van der Waals surface area contributed by atoms with E-state index in [-0.39, 0.29) is 12.0 Å².